The van der Waals surface area contributed by atoms with Gasteiger partial charge in [-0.3, -0.25) is 19.8 Å². The Morgan fingerprint density at radius 2 is 1.96 bits per heavy atom. The largest absolute Gasteiger partial charge is 0.868 e. The number of aromatic carboxylic acids is 1. The quantitative estimate of drug-likeness (QED) is 0.326. The van der Waals surface area contributed by atoms with Crippen molar-refractivity contribution >= 4 is 57.6 Å². The van der Waals surface area contributed by atoms with E-state index in [0.29, 0.717) is 5.56 Å². The maximum absolute atomic E-state index is 12.7. The van der Waals surface area contributed by atoms with Gasteiger partial charge in [-0.1, -0.05) is 48.2 Å². The summed E-state index contributed by atoms with van der Waals surface area (Å²) in [5, 5.41) is 33.4. The number of hydrogen-bond acceptors (Lipinski definition) is 8. The Hall–Kier alpha value is -3.24. The van der Waals surface area contributed by atoms with Crippen LogP contribution in [-0.2, 0) is 4.79 Å². The van der Waals surface area contributed by atoms with Crippen LogP contribution in [-0.4, -0.2) is 21.1 Å². The molecule has 0 spiro atoms. The van der Waals surface area contributed by atoms with E-state index in [1.807, 2.05) is 0 Å². The van der Waals surface area contributed by atoms with E-state index in [1.165, 1.54) is 36.4 Å². The highest BCUT2D eigenvalue weighted by Gasteiger charge is 2.33. The third-order valence-electron chi connectivity index (χ3n) is 3.61. The number of nitrogens with zero attached hydrogens (tertiary/aromatic N) is 2. The first-order chi connectivity index (χ1) is 12.8. The molecule has 0 radical (unpaired) electrons. The molecule has 2 aromatic carbocycles. The van der Waals surface area contributed by atoms with Gasteiger partial charge in [0.2, 0.25) is 0 Å². The number of carbonyl (C=O) groups is 2. The van der Waals surface area contributed by atoms with Crippen LogP contribution in [0.15, 0.2) is 47.4 Å². The lowest BCUT2D eigenvalue weighted by Crippen LogP contribution is -2.28. The van der Waals surface area contributed by atoms with Gasteiger partial charge in [0, 0.05) is 6.07 Å². The summed E-state index contributed by atoms with van der Waals surface area (Å²) in [5.41, 5.74) is -0.137. The SMILES string of the molecule is O=C([O-])c1cccc(N2C(=O)/C(=C/c3ccc([O-])c([N+](=O)[O-])c3)SC2=S)c1. The zero-order valence-electron chi connectivity index (χ0n) is 13.3. The zero-order valence-corrected chi connectivity index (χ0v) is 14.9. The molecule has 0 saturated carbocycles. The van der Waals surface area contributed by atoms with Gasteiger partial charge in [-0.25, -0.2) is 0 Å². The van der Waals surface area contributed by atoms with Crippen LogP contribution in [0.4, 0.5) is 11.4 Å². The van der Waals surface area contributed by atoms with Crippen molar-refractivity contribution in [3.63, 3.8) is 0 Å². The number of thioether (sulfide) groups is 1. The fourth-order valence-corrected chi connectivity index (χ4v) is 3.68. The Kier molecular flexibility index (Phi) is 4.93. The number of carboxylic acids is 1. The van der Waals surface area contributed by atoms with E-state index in [1.54, 1.807) is 0 Å². The predicted octanol–water partition coefficient (Wildman–Crippen LogP) is 1.44. The molecule has 0 N–H and O–H groups in total. The Balaban J connectivity index is 1.96. The van der Waals surface area contributed by atoms with Crippen LogP contribution in [0.25, 0.3) is 6.08 Å². The second-order valence-corrected chi connectivity index (χ2v) is 7.01. The van der Waals surface area contributed by atoms with Crippen molar-refractivity contribution in [2.24, 2.45) is 0 Å². The Morgan fingerprint density at radius 3 is 2.63 bits per heavy atom. The van der Waals surface area contributed by atoms with Gasteiger partial charge in [0.15, 0.2) is 4.32 Å². The molecule has 0 unspecified atom stereocenters. The fourth-order valence-electron chi connectivity index (χ4n) is 2.38. The van der Waals surface area contributed by atoms with Gasteiger partial charge in [0.05, 0.1) is 21.5 Å². The fraction of sp³-hybridized carbons (Fsp3) is 0. The van der Waals surface area contributed by atoms with E-state index < -0.39 is 28.2 Å². The minimum atomic E-state index is -1.39. The molecule has 0 atom stereocenters. The summed E-state index contributed by atoms with van der Waals surface area (Å²) in [6.07, 6.45) is 1.38. The molecule has 0 bridgehead atoms. The van der Waals surface area contributed by atoms with E-state index in [2.05, 4.69) is 0 Å². The highest BCUT2D eigenvalue weighted by molar-refractivity contribution is 8.27. The molecule has 27 heavy (non-hydrogen) atoms. The second-order valence-electron chi connectivity index (χ2n) is 5.34. The molecule has 1 aliphatic heterocycles. The van der Waals surface area contributed by atoms with Gasteiger partial charge in [-0.15, -0.1) is 0 Å². The van der Waals surface area contributed by atoms with Crippen molar-refractivity contribution in [1.29, 1.82) is 0 Å². The minimum absolute atomic E-state index is 0.104. The molecule has 1 aliphatic rings. The van der Waals surface area contributed by atoms with Crippen LogP contribution in [0.1, 0.15) is 15.9 Å². The van der Waals surface area contributed by atoms with Crippen LogP contribution >= 0.6 is 24.0 Å². The molecule has 136 valence electrons. The van der Waals surface area contributed by atoms with Crippen LogP contribution in [0.5, 0.6) is 5.75 Å². The van der Waals surface area contributed by atoms with Gasteiger partial charge in [0.25, 0.3) is 11.6 Å². The number of hydrogen-bond donors (Lipinski definition) is 0. The highest BCUT2D eigenvalue weighted by Crippen LogP contribution is 2.37. The number of anilines is 1. The lowest BCUT2D eigenvalue weighted by molar-refractivity contribution is -0.398. The Morgan fingerprint density at radius 1 is 1.22 bits per heavy atom. The van der Waals surface area contributed by atoms with Crippen molar-refractivity contribution in [1.82, 2.24) is 0 Å². The van der Waals surface area contributed by atoms with E-state index in [-0.39, 0.29) is 20.5 Å². The van der Waals surface area contributed by atoms with Gasteiger partial charge in [0.1, 0.15) is 0 Å². The third kappa shape index (κ3) is 3.66. The van der Waals surface area contributed by atoms with Crippen LogP contribution < -0.4 is 15.1 Å². The normalized spacial score (nSPS) is 15.4. The van der Waals surface area contributed by atoms with Gasteiger partial charge in [-0.2, -0.15) is 0 Å². The molecule has 0 aliphatic carbocycles. The lowest BCUT2D eigenvalue weighted by atomic mass is 10.1. The summed E-state index contributed by atoms with van der Waals surface area (Å²) in [4.78, 5) is 35.1. The van der Waals surface area contributed by atoms with E-state index >= 15 is 0 Å². The molecule has 1 amide bonds. The molecule has 10 heteroatoms. The second kappa shape index (κ2) is 7.17. The highest BCUT2D eigenvalue weighted by atomic mass is 32.2. The molecule has 3 rings (SSSR count). The first-order valence-electron chi connectivity index (χ1n) is 7.33. The number of carboxylic acid groups (broad SMARTS) is 1. The summed E-state index contributed by atoms with van der Waals surface area (Å²) in [5.74, 6) is -2.62. The summed E-state index contributed by atoms with van der Waals surface area (Å²) >= 11 is 6.16. The van der Waals surface area contributed by atoms with Crippen LogP contribution in [0, 0.1) is 10.1 Å². The molecule has 0 aromatic heterocycles. The molecular formula is C17H8N2O6S2-2. The number of thiocarbonyl (C=S) groups is 1. The standard InChI is InChI=1S/C17H10N2O6S2/c20-13-5-4-9(6-12(13)19(24)25)7-14-15(21)18(17(26)27-14)11-3-1-2-10(8-11)16(22)23/h1-8,20H,(H,22,23)/p-2/b14-7-. The molecular weight excluding hydrogens is 392 g/mol. The summed E-state index contributed by atoms with van der Waals surface area (Å²) in [7, 11) is 0. The molecule has 1 fully saturated rings. The summed E-state index contributed by atoms with van der Waals surface area (Å²) in [6.45, 7) is 0. The number of benzene rings is 2. The molecule has 8 nitrogen and oxygen atoms in total. The topological polar surface area (TPSA) is 127 Å². The van der Waals surface area contributed by atoms with Crippen molar-refractivity contribution in [2.75, 3.05) is 4.90 Å². The Bertz CT molecular complexity index is 1030. The summed E-state index contributed by atoms with van der Waals surface area (Å²) < 4.78 is 0.177. The molecule has 1 heterocycles. The van der Waals surface area contributed by atoms with Crippen molar-refractivity contribution in [3.8, 4) is 5.75 Å². The van der Waals surface area contributed by atoms with E-state index in [0.717, 1.165) is 28.8 Å². The first-order valence-corrected chi connectivity index (χ1v) is 8.55. The third-order valence-corrected chi connectivity index (χ3v) is 4.91. The van der Waals surface area contributed by atoms with Gasteiger partial charge in [-0.05, 0) is 35.1 Å². The molecule has 2 aromatic rings. The smallest absolute Gasteiger partial charge is 0.270 e. The van der Waals surface area contributed by atoms with E-state index in [9.17, 15) is 29.9 Å². The van der Waals surface area contributed by atoms with Crippen LogP contribution in [0.2, 0.25) is 0 Å². The zero-order chi connectivity index (χ0) is 19.7. The number of nitro groups is 1. The number of nitro benzene ring substituents is 1. The van der Waals surface area contributed by atoms with Crippen LogP contribution in [0.3, 0.4) is 0 Å². The average molecular weight is 400 g/mol. The first kappa shape index (κ1) is 18.5. The van der Waals surface area contributed by atoms with Gasteiger partial charge < -0.3 is 15.0 Å². The number of rotatable bonds is 4. The predicted molar refractivity (Wildman–Crippen MR) is 99.0 cm³/mol. The maximum Gasteiger partial charge on any atom is 0.270 e. The van der Waals surface area contributed by atoms with Crippen molar-refractivity contribution in [3.05, 3.63) is 68.6 Å². The van der Waals surface area contributed by atoms with E-state index in [4.69, 9.17) is 12.2 Å². The minimum Gasteiger partial charge on any atom is -0.868 e. The van der Waals surface area contributed by atoms with Gasteiger partial charge >= 0.3 is 0 Å². The average Bonchev–Trinajstić information content (AvgIpc) is 2.90. The Labute approximate surface area is 161 Å². The van der Waals surface area contributed by atoms with Crippen molar-refractivity contribution in [2.45, 2.75) is 0 Å². The monoisotopic (exact) mass is 400 g/mol. The molecule has 1 saturated heterocycles. The van der Waals surface area contributed by atoms with Crippen molar-refractivity contribution < 1.29 is 24.7 Å². The lowest BCUT2D eigenvalue weighted by Gasteiger charge is -2.15. The number of amides is 1. The number of carbonyl (C=O) groups excluding carboxylic acids is 2. The summed E-state index contributed by atoms with van der Waals surface area (Å²) in [6, 6.07) is 9.06. The maximum atomic E-state index is 12.7.